The van der Waals surface area contributed by atoms with E-state index in [-0.39, 0.29) is 23.6 Å². The maximum atomic E-state index is 11.5. The molecule has 1 aliphatic carbocycles. The summed E-state index contributed by atoms with van der Waals surface area (Å²) in [5.74, 6) is -0.843. The van der Waals surface area contributed by atoms with Crippen LogP contribution < -0.4 is 5.32 Å². The summed E-state index contributed by atoms with van der Waals surface area (Å²) < 4.78 is 0. The van der Waals surface area contributed by atoms with E-state index in [1.165, 1.54) is 16.7 Å². The molecular formula is C10H12N2O3S. The van der Waals surface area contributed by atoms with Gasteiger partial charge in [0.15, 0.2) is 5.69 Å². The van der Waals surface area contributed by atoms with Gasteiger partial charge in [0.05, 0.1) is 6.04 Å². The molecule has 0 bridgehead atoms. The van der Waals surface area contributed by atoms with Crippen LogP contribution in [0.15, 0.2) is 5.38 Å². The van der Waals surface area contributed by atoms with E-state index in [2.05, 4.69) is 10.3 Å². The lowest BCUT2D eigenvalue weighted by atomic mass is 10.3. The first-order chi connectivity index (χ1) is 7.58. The van der Waals surface area contributed by atoms with Gasteiger partial charge in [-0.25, -0.2) is 9.78 Å². The summed E-state index contributed by atoms with van der Waals surface area (Å²) in [6.45, 7) is 1.81. The summed E-state index contributed by atoms with van der Waals surface area (Å²) in [4.78, 5) is 26.1. The number of aromatic carboxylic acids is 1. The van der Waals surface area contributed by atoms with Crippen LogP contribution in [0.4, 0.5) is 0 Å². The number of thiazole rings is 1. The third-order valence-corrected chi connectivity index (χ3v) is 3.45. The number of carboxylic acid groups (broad SMARTS) is 1. The third kappa shape index (κ3) is 2.38. The van der Waals surface area contributed by atoms with Crippen LogP contribution in [0.25, 0.3) is 0 Å². The maximum Gasteiger partial charge on any atom is 0.355 e. The number of hydrogen-bond acceptors (Lipinski definition) is 4. The number of hydrogen-bond donors (Lipinski definition) is 2. The average Bonchev–Trinajstić information content (AvgIpc) is 2.95. The van der Waals surface area contributed by atoms with E-state index in [1.807, 2.05) is 6.92 Å². The molecule has 16 heavy (non-hydrogen) atoms. The van der Waals surface area contributed by atoms with Crippen molar-refractivity contribution in [1.82, 2.24) is 10.3 Å². The Kier molecular flexibility index (Phi) is 2.91. The van der Waals surface area contributed by atoms with Crippen molar-refractivity contribution >= 4 is 23.2 Å². The molecular weight excluding hydrogens is 228 g/mol. The van der Waals surface area contributed by atoms with Gasteiger partial charge in [0.2, 0.25) is 5.91 Å². The highest BCUT2D eigenvalue weighted by atomic mass is 32.1. The Morgan fingerprint density at radius 3 is 2.81 bits per heavy atom. The Morgan fingerprint density at radius 1 is 1.62 bits per heavy atom. The van der Waals surface area contributed by atoms with Crippen LogP contribution in [-0.2, 0) is 4.79 Å². The standard InChI is InChI=1S/C10H12N2O3S/c1-5(11-8(13)6-2-3-6)9-12-7(4-16-9)10(14)15/h4-6H,2-3H2,1H3,(H,11,13)(H,14,15). The van der Waals surface area contributed by atoms with Crippen LogP contribution in [-0.4, -0.2) is 22.0 Å². The molecule has 1 aromatic heterocycles. The van der Waals surface area contributed by atoms with E-state index in [1.54, 1.807) is 0 Å². The summed E-state index contributed by atoms with van der Waals surface area (Å²) >= 11 is 1.25. The molecule has 6 heteroatoms. The van der Waals surface area contributed by atoms with Gasteiger partial charge in [-0.1, -0.05) is 0 Å². The van der Waals surface area contributed by atoms with Crippen molar-refractivity contribution < 1.29 is 14.7 Å². The van der Waals surface area contributed by atoms with Gasteiger partial charge >= 0.3 is 5.97 Å². The van der Waals surface area contributed by atoms with Gasteiger partial charge in [-0.05, 0) is 19.8 Å². The minimum Gasteiger partial charge on any atom is -0.476 e. The lowest BCUT2D eigenvalue weighted by Crippen LogP contribution is -2.27. The fourth-order valence-corrected chi connectivity index (χ4v) is 2.12. The molecule has 1 unspecified atom stereocenters. The smallest absolute Gasteiger partial charge is 0.355 e. The molecule has 0 radical (unpaired) electrons. The van der Waals surface area contributed by atoms with Crippen LogP contribution in [0.5, 0.6) is 0 Å². The molecule has 2 rings (SSSR count). The lowest BCUT2D eigenvalue weighted by molar-refractivity contribution is -0.122. The molecule has 1 aromatic rings. The molecule has 0 spiro atoms. The quantitative estimate of drug-likeness (QED) is 0.834. The zero-order valence-corrected chi connectivity index (χ0v) is 9.58. The number of carboxylic acids is 1. The van der Waals surface area contributed by atoms with E-state index in [4.69, 9.17) is 5.11 Å². The van der Waals surface area contributed by atoms with Crippen LogP contribution in [0.1, 0.15) is 41.3 Å². The molecule has 1 amide bonds. The van der Waals surface area contributed by atoms with E-state index < -0.39 is 5.97 Å². The van der Waals surface area contributed by atoms with Crippen molar-refractivity contribution in [3.05, 3.63) is 16.1 Å². The Morgan fingerprint density at radius 2 is 2.31 bits per heavy atom. The average molecular weight is 240 g/mol. The van der Waals surface area contributed by atoms with E-state index in [0.717, 1.165) is 12.8 Å². The molecule has 5 nitrogen and oxygen atoms in total. The largest absolute Gasteiger partial charge is 0.476 e. The molecule has 1 saturated carbocycles. The van der Waals surface area contributed by atoms with E-state index >= 15 is 0 Å². The first kappa shape index (κ1) is 11.1. The summed E-state index contributed by atoms with van der Waals surface area (Å²) in [7, 11) is 0. The SMILES string of the molecule is CC(NC(=O)C1CC1)c1nc(C(=O)O)cs1. The second kappa shape index (κ2) is 4.21. The molecule has 0 aliphatic heterocycles. The second-order valence-electron chi connectivity index (χ2n) is 3.88. The van der Waals surface area contributed by atoms with Gasteiger partial charge in [-0.15, -0.1) is 11.3 Å². The summed E-state index contributed by atoms with van der Waals surface area (Å²) in [6, 6.07) is -0.216. The van der Waals surface area contributed by atoms with Crippen molar-refractivity contribution in [3.63, 3.8) is 0 Å². The van der Waals surface area contributed by atoms with Crippen LogP contribution in [0.3, 0.4) is 0 Å². The predicted octanol–water partition coefficient (Wildman–Crippen LogP) is 1.43. The predicted molar refractivity (Wildman–Crippen MR) is 58.4 cm³/mol. The van der Waals surface area contributed by atoms with Crippen molar-refractivity contribution in [1.29, 1.82) is 0 Å². The zero-order valence-electron chi connectivity index (χ0n) is 8.77. The Balaban J connectivity index is 1.99. The van der Waals surface area contributed by atoms with Gasteiger partial charge < -0.3 is 10.4 Å². The number of carbonyl (C=O) groups excluding carboxylic acids is 1. The normalized spacial score (nSPS) is 16.8. The number of carbonyl (C=O) groups is 2. The molecule has 1 fully saturated rings. The Hall–Kier alpha value is -1.43. The monoisotopic (exact) mass is 240 g/mol. The number of rotatable bonds is 4. The minimum absolute atomic E-state index is 0.0347. The van der Waals surface area contributed by atoms with Crippen molar-refractivity contribution in [2.75, 3.05) is 0 Å². The van der Waals surface area contributed by atoms with Crippen molar-refractivity contribution in [3.8, 4) is 0 Å². The van der Waals surface area contributed by atoms with E-state index in [9.17, 15) is 9.59 Å². The Labute approximate surface area is 96.5 Å². The highest BCUT2D eigenvalue weighted by Crippen LogP contribution is 2.30. The van der Waals surface area contributed by atoms with E-state index in [0.29, 0.717) is 5.01 Å². The first-order valence-electron chi connectivity index (χ1n) is 5.07. The molecule has 1 atom stereocenters. The van der Waals surface area contributed by atoms with Gasteiger partial charge in [0.25, 0.3) is 0 Å². The fraction of sp³-hybridized carbons (Fsp3) is 0.500. The summed E-state index contributed by atoms with van der Waals surface area (Å²) in [6.07, 6.45) is 1.91. The topological polar surface area (TPSA) is 79.3 Å². The maximum absolute atomic E-state index is 11.5. The first-order valence-corrected chi connectivity index (χ1v) is 5.95. The fourth-order valence-electron chi connectivity index (χ4n) is 1.32. The summed E-state index contributed by atoms with van der Waals surface area (Å²) in [5.41, 5.74) is 0.0347. The number of nitrogens with one attached hydrogen (secondary N) is 1. The lowest BCUT2D eigenvalue weighted by Gasteiger charge is -2.10. The van der Waals surface area contributed by atoms with Crippen molar-refractivity contribution in [2.24, 2.45) is 5.92 Å². The third-order valence-electron chi connectivity index (χ3n) is 2.42. The molecule has 1 heterocycles. The summed E-state index contributed by atoms with van der Waals surface area (Å²) in [5, 5.41) is 13.7. The highest BCUT2D eigenvalue weighted by molar-refractivity contribution is 7.09. The number of aromatic nitrogens is 1. The molecule has 0 saturated heterocycles. The van der Waals surface area contributed by atoms with Gasteiger partial charge in [-0.3, -0.25) is 4.79 Å². The molecule has 0 aromatic carbocycles. The Bertz CT molecular complexity index is 425. The highest BCUT2D eigenvalue weighted by Gasteiger charge is 2.30. The van der Waals surface area contributed by atoms with Gasteiger partial charge in [0.1, 0.15) is 5.01 Å². The van der Waals surface area contributed by atoms with Gasteiger partial charge in [-0.2, -0.15) is 0 Å². The van der Waals surface area contributed by atoms with Crippen LogP contribution in [0.2, 0.25) is 0 Å². The second-order valence-corrected chi connectivity index (χ2v) is 4.77. The molecule has 86 valence electrons. The molecule has 1 aliphatic rings. The van der Waals surface area contributed by atoms with Crippen molar-refractivity contribution in [2.45, 2.75) is 25.8 Å². The van der Waals surface area contributed by atoms with Gasteiger partial charge in [0, 0.05) is 11.3 Å². The number of amides is 1. The van der Waals surface area contributed by atoms with Crippen LogP contribution >= 0.6 is 11.3 Å². The minimum atomic E-state index is -1.04. The molecule has 2 N–H and O–H groups in total. The number of nitrogens with zero attached hydrogens (tertiary/aromatic N) is 1. The zero-order chi connectivity index (χ0) is 11.7. The van der Waals surface area contributed by atoms with Crippen LogP contribution in [0, 0.1) is 5.92 Å².